The van der Waals surface area contributed by atoms with Crippen molar-refractivity contribution in [3.05, 3.63) is 12.0 Å². The molecule has 0 saturated heterocycles. The van der Waals surface area contributed by atoms with E-state index in [1.165, 1.54) is 38.5 Å². The van der Waals surface area contributed by atoms with Crippen molar-refractivity contribution < 1.29 is 0 Å². The number of hydrogen-bond acceptors (Lipinski definition) is 3. The maximum absolute atomic E-state index is 6.26. The Hall–Kier alpha value is -1.03. The Morgan fingerprint density at radius 3 is 2.17 bits per heavy atom. The summed E-state index contributed by atoms with van der Waals surface area (Å²) in [5, 5.41) is 0. The smallest absolute Gasteiger partial charge is 0.128 e. The maximum Gasteiger partial charge on any atom is 0.128 e. The second kappa shape index (κ2) is 3.50. The van der Waals surface area contributed by atoms with Crippen LogP contribution in [0.25, 0.3) is 0 Å². The molecule has 0 aromatic carbocycles. The van der Waals surface area contributed by atoms with Gasteiger partial charge in [-0.05, 0) is 56.3 Å². The van der Waals surface area contributed by atoms with Crippen LogP contribution >= 0.6 is 0 Å². The summed E-state index contributed by atoms with van der Waals surface area (Å²) < 4.78 is 2.28. The molecule has 4 heteroatoms. The van der Waals surface area contributed by atoms with Gasteiger partial charge in [0.1, 0.15) is 5.82 Å². The number of anilines is 1. The largest absolute Gasteiger partial charge is 0.383 e. The Bertz CT molecular complexity index is 441. The number of nitrogens with zero attached hydrogens (tertiary/aromatic N) is 2. The molecule has 4 fully saturated rings. The molecule has 4 N–H and O–H groups in total. The normalized spacial score (nSPS) is 41.5. The molecule has 0 unspecified atom stereocenters. The highest BCUT2D eigenvalue weighted by Gasteiger charge is 2.52. The lowest BCUT2D eigenvalue weighted by molar-refractivity contribution is -0.0420. The predicted molar refractivity (Wildman–Crippen MR) is 70.7 cm³/mol. The number of nitrogen functional groups attached to an aromatic ring is 1. The Morgan fingerprint density at radius 1 is 1.17 bits per heavy atom. The molecular weight excluding hydrogens is 224 g/mol. The second-order valence-electron chi connectivity index (χ2n) is 6.79. The van der Waals surface area contributed by atoms with Crippen molar-refractivity contribution in [2.24, 2.45) is 23.5 Å². The van der Waals surface area contributed by atoms with Gasteiger partial charge in [0, 0.05) is 12.1 Å². The third-order valence-corrected chi connectivity index (χ3v) is 5.59. The SMILES string of the molecule is NCc1ncn(C23CC4CC(CC(C4)C2)C3)c1N. The lowest BCUT2D eigenvalue weighted by Gasteiger charge is -2.57. The highest BCUT2D eigenvalue weighted by Crippen LogP contribution is 2.59. The van der Waals surface area contributed by atoms with E-state index < -0.39 is 0 Å². The van der Waals surface area contributed by atoms with Crippen molar-refractivity contribution in [2.75, 3.05) is 5.73 Å². The molecule has 1 aromatic heterocycles. The van der Waals surface area contributed by atoms with Crippen LogP contribution in [-0.4, -0.2) is 9.55 Å². The van der Waals surface area contributed by atoms with Gasteiger partial charge in [-0.1, -0.05) is 0 Å². The fourth-order valence-corrected chi connectivity index (χ4v) is 5.29. The Labute approximate surface area is 108 Å². The van der Waals surface area contributed by atoms with Crippen LogP contribution < -0.4 is 11.5 Å². The van der Waals surface area contributed by atoms with Crippen LogP contribution in [0.4, 0.5) is 5.82 Å². The van der Waals surface area contributed by atoms with Gasteiger partial charge in [0.05, 0.1) is 12.0 Å². The average molecular weight is 246 g/mol. The first-order chi connectivity index (χ1) is 8.70. The summed E-state index contributed by atoms with van der Waals surface area (Å²) >= 11 is 0. The number of imidazole rings is 1. The number of hydrogen-bond donors (Lipinski definition) is 2. The monoisotopic (exact) mass is 246 g/mol. The second-order valence-corrected chi connectivity index (χ2v) is 6.79. The van der Waals surface area contributed by atoms with Crippen LogP contribution in [0, 0.1) is 17.8 Å². The molecule has 4 nitrogen and oxygen atoms in total. The van der Waals surface area contributed by atoms with Crippen LogP contribution in [0.1, 0.15) is 44.2 Å². The zero-order valence-electron chi connectivity index (χ0n) is 10.8. The fraction of sp³-hybridized carbons (Fsp3) is 0.786. The molecule has 1 aromatic rings. The van der Waals surface area contributed by atoms with Crippen molar-refractivity contribution in [1.82, 2.24) is 9.55 Å². The van der Waals surface area contributed by atoms with E-state index in [0.717, 1.165) is 29.3 Å². The summed E-state index contributed by atoms with van der Waals surface area (Å²) in [5.74, 6) is 3.61. The standard InChI is InChI=1S/C14H22N4/c15-7-12-13(16)18(8-17-12)14-4-9-1-10(5-14)3-11(2-9)6-14/h8-11H,1-7,15-16H2. The fourth-order valence-electron chi connectivity index (χ4n) is 5.29. The lowest BCUT2D eigenvalue weighted by Crippen LogP contribution is -2.51. The van der Waals surface area contributed by atoms with Crippen LogP contribution in [0.15, 0.2) is 6.33 Å². The number of nitrogens with two attached hydrogens (primary N) is 2. The van der Waals surface area contributed by atoms with Crippen LogP contribution in [0.3, 0.4) is 0 Å². The van der Waals surface area contributed by atoms with Crippen LogP contribution in [-0.2, 0) is 12.1 Å². The summed E-state index contributed by atoms with van der Waals surface area (Å²) in [7, 11) is 0. The van der Waals surface area contributed by atoms with Gasteiger partial charge in [-0.3, -0.25) is 0 Å². The van der Waals surface area contributed by atoms with Crippen LogP contribution in [0.5, 0.6) is 0 Å². The summed E-state index contributed by atoms with van der Waals surface area (Å²) in [4.78, 5) is 4.40. The van der Waals surface area contributed by atoms with E-state index >= 15 is 0 Å². The first kappa shape index (κ1) is 10.9. The summed E-state index contributed by atoms with van der Waals surface area (Å²) in [6.45, 7) is 0.450. The Morgan fingerprint density at radius 2 is 1.72 bits per heavy atom. The zero-order valence-corrected chi connectivity index (χ0v) is 10.8. The minimum Gasteiger partial charge on any atom is -0.383 e. The van der Waals surface area contributed by atoms with Gasteiger partial charge in [-0.15, -0.1) is 0 Å². The van der Waals surface area contributed by atoms with Gasteiger partial charge in [0.25, 0.3) is 0 Å². The molecule has 4 aliphatic rings. The molecule has 0 radical (unpaired) electrons. The summed E-state index contributed by atoms with van der Waals surface area (Å²) in [6.07, 6.45) is 10.2. The number of aromatic nitrogens is 2. The van der Waals surface area contributed by atoms with E-state index in [1.54, 1.807) is 0 Å². The molecule has 4 aliphatic carbocycles. The highest BCUT2D eigenvalue weighted by atomic mass is 15.2. The van der Waals surface area contributed by atoms with Gasteiger partial charge >= 0.3 is 0 Å². The molecule has 98 valence electrons. The predicted octanol–water partition coefficient (Wildman–Crippen LogP) is 1.85. The van der Waals surface area contributed by atoms with Crippen LogP contribution in [0.2, 0.25) is 0 Å². The zero-order chi connectivity index (χ0) is 12.3. The van der Waals surface area contributed by atoms with E-state index in [2.05, 4.69) is 9.55 Å². The number of rotatable bonds is 2. The highest BCUT2D eigenvalue weighted by molar-refractivity contribution is 5.38. The Balaban J connectivity index is 1.76. The van der Waals surface area contributed by atoms with Crippen molar-refractivity contribution in [3.63, 3.8) is 0 Å². The molecule has 18 heavy (non-hydrogen) atoms. The van der Waals surface area contributed by atoms with Crippen molar-refractivity contribution in [1.29, 1.82) is 0 Å². The maximum atomic E-state index is 6.26. The van der Waals surface area contributed by atoms with Crippen molar-refractivity contribution in [3.8, 4) is 0 Å². The summed E-state index contributed by atoms with van der Waals surface area (Å²) in [5.41, 5.74) is 13.1. The minimum atomic E-state index is 0.277. The Kier molecular flexibility index (Phi) is 2.11. The quantitative estimate of drug-likeness (QED) is 0.836. The average Bonchev–Trinajstić information content (AvgIpc) is 2.69. The first-order valence-electron chi connectivity index (χ1n) is 7.22. The van der Waals surface area contributed by atoms with Gasteiger partial charge in [-0.25, -0.2) is 4.98 Å². The van der Waals surface area contributed by atoms with Gasteiger partial charge in [0.2, 0.25) is 0 Å². The van der Waals surface area contributed by atoms with Gasteiger partial charge < -0.3 is 16.0 Å². The molecule has 4 bridgehead atoms. The molecule has 5 rings (SSSR count). The minimum absolute atomic E-state index is 0.277. The molecule has 0 aliphatic heterocycles. The van der Waals surface area contributed by atoms with E-state index in [1.807, 2.05) is 6.33 Å². The van der Waals surface area contributed by atoms with Gasteiger partial charge in [-0.2, -0.15) is 0 Å². The van der Waals surface area contributed by atoms with E-state index in [0.29, 0.717) is 6.54 Å². The molecular formula is C14H22N4. The topological polar surface area (TPSA) is 69.9 Å². The molecule has 4 saturated carbocycles. The first-order valence-corrected chi connectivity index (χ1v) is 7.22. The van der Waals surface area contributed by atoms with Crippen molar-refractivity contribution in [2.45, 2.75) is 50.6 Å². The van der Waals surface area contributed by atoms with Crippen molar-refractivity contribution >= 4 is 5.82 Å². The molecule has 1 heterocycles. The third kappa shape index (κ3) is 1.32. The molecule has 0 atom stereocenters. The summed E-state index contributed by atoms with van der Waals surface area (Å²) in [6, 6.07) is 0. The third-order valence-electron chi connectivity index (χ3n) is 5.59. The van der Waals surface area contributed by atoms with E-state index in [-0.39, 0.29) is 5.54 Å². The lowest BCUT2D eigenvalue weighted by atomic mass is 9.53. The van der Waals surface area contributed by atoms with E-state index in [9.17, 15) is 0 Å². The molecule has 0 spiro atoms. The van der Waals surface area contributed by atoms with E-state index in [4.69, 9.17) is 11.5 Å². The molecule has 0 amide bonds. The van der Waals surface area contributed by atoms with Gasteiger partial charge in [0.15, 0.2) is 0 Å².